The maximum Gasteiger partial charge on any atom is 0.177 e. The molecule has 2 aromatic heterocycles. The summed E-state index contributed by atoms with van der Waals surface area (Å²) in [4.78, 5) is 3.05. The van der Waals surface area contributed by atoms with Crippen LogP contribution in [-0.2, 0) is 13.0 Å². The summed E-state index contributed by atoms with van der Waals surface area (Å²) in [6.45, 7) is 2.89. The van der Waals surface area contributed by atoms with Gasteiger partial charge in [0.05, 0.1) is 19.1 Å². The van der Waals surface area contributed by atoms with E-state index in [-0.39, 0.29) is 0 Å². The molecule has 2 rings (SSSR count). The van der Waals surface area contributed by atoms with Gasteiger partial charge in [-0.05, 0) is 24.7 Å². The Morgan fingerprint density at radius 2 is 2.43 bits per heavy atom. The zero-order chi connectivity index (χ0) is 9.97. The third-order valence-electron chi connectivity index (χ3n) is 2.24. The van der Waals surface area contributed by atoms with Gasteiger partial charge in [-0.2, -0.15) is 0 Å². The minimum absolute atomic E-state index is 0.767. The second-order valence-electron chi connectivity index (χ2n) is 3.16. The van der Waals surface area contributed by atoms with Crippen LogP contribution in [0.2, 0.25) is 0 Å². The highest BCUT2D eigenvalue weighted by atomic mass is 32.1. The van der Waals surface area contributed by atoms with E-state index in [1.807, 2.05) is 12.3 Å². The summed E-state index contributed by atoms with van der Waals surface area (Å²) in [6, 6.07) is 1.95. The molecular weight excluding hydrogens is 196 g/mol. The molecule has 0 aliphatic rings. The molecular formula is C10H12N2OS. The molecule has 0 fully saturated rings. The Kier molecular flexibility index (Phi) is 2.54. The first kappa shape index (κ1) is 9.27. The first-order chi connectivity index (χ1) is 6.81. The van der Waals surface area contributed by atoms with Crippen molar-refractivity contribution in [1.29, 1.82) is 0 Å². The molecule has 2 aromatic rings. The van der Waals surface area contributed by atoms with Crippen LogP contribution in [0.3, 0.4) is 0 Å². The quantitative estimate of drug-likeness (QED) is 0.787. The van der Waals surface area contributed by atoms with Crippen LogP contribution >= 0.6 is 12.2 Å². The van der Waals surface area contributed by atoms with Crippen molar-refractivity contribution in [1.82, 2.24) is 9.55 Å². The van der Waals surface area contributed by atoms with E-state index in [9.17, 15) is 0 Å². The van der Waals surface area contributed by atoms with E-state index in [0.717, 1.165) is 23.3 Å². The predicted molar refractivity (Wildman–Crippen MR) is 56.8 cm³/mol. The number of imidazole rings is 1. The third kappa shape index (κ3) is 1.65. The fourth-order valence-electron chi connectivity index (χ4n) is 1.46. The first-order valence-electron chi connectivity index (χ1n) is 4.59. The highest BCUT2D eigenvalue weighted by Crippen LogP contribution is 2.08. The van der Waals surface area contributed by atoms with Gasteiger partial charge in [0.1, 0.15) is 0 Å². The van der Waals surface area contributed by atoms with Crippen molar-refractivity contribution in [3.63, 3.8) is 0 Å². The predicted octanol–water partition coefficient (Wildman–Crippen LogP) is 2.75. The lowest BCUT2D eigenvalue weighted by atomic mass is 10.3. The molecule has 0 amide bonds. The van der Waals surface area contributed by atoms with Crippen molar-refractivity contribution >= 4 is 12.2 Å². The number of aromatic amines is 1. The molecule has 4 heteroatoms. The van der Waals surface area contributed by atoms with Crippen LogP contribution in [0.4, 0.5) is 0 Å². The van der Waals surface area contributed by atoms with Crippen molar-refractivity contribution < 1.29 is 4.42 Å². The lowest BCUT2D eigenvalue weighted by Crippen LogP contribution is -2.02. The normalized spacial score (nSPS) is 10.6. The molecule has 74 valence electrons. The number of nitrogens with one attached hydrogen (secondary N) is 1. The van der Waals surface area contributed by atoms with Crippen LogP contribution in [-0.4, -0.2) is 9.55 Å². The fourth-order valence-corrected chi connectivity index (χ4v) is 1.70. The summed E-state index contributed by atoms with van der Waals surface area (Å²) in [5.41, 5.74) is 2.35. The van der Waals surface area contributed by atoms with Gasteiger partial charge in [-0.3, -0.25) is 0 Å². The smallest absolute Gasteiger partial charge is 0.177 e. The molecule has 1 N–H and O–H groups in total. The van der Waals surface area contributed by atoms with Gasteiger partial charge in [0.2, 0.25) is 0 Å². The van der Waals surface area contributed by atoms with E-state index >= 15 is 0 Å². The molecule has 0 unspecified atom stereocenters. The van der Waals surface area contributed by atoms with Gasteiger partial charge in [0, 0.05) is 17.5 Å². The van der Waals surface area contributed by atoms with Crippen molar-refractivity contribution in [3.8, 4) is 0 Å². The minimum Gasteiger partial charge on any atom is -0.472 e. The number of aryl methyl sites for hydroxylation is 1. The molecule has 2 heterocycles. The Balaban J connectivity index is 2.32. The number of H-pyrrole nitrogens is 1. The number of hydrogen-bond donors (Lipinski definition) is 1. The SMILES string of the molecule is CCc1c[nH]c(=S)n1Cc1ccoc1. The van der Waals surface area contributed by atoms with Crippen molar-refractivity contribution in [2.24, 2.45) is 0 Å². The van der Waals surface area contributed by atoms with E-state index in [4.69, 9.17) is 16.6 Å². The van der Waals surface area contributed by atoms with E-state index in [2.05, 4.69) is 16.5 Å². The van der Waals surface area contributed by atoms with Crippen molar-refractivity contribution in [2.45, 2.75) is 19.9 Å². The summed E-state index contributed by atoms with van der Waals surface area (Å²) in [5, 5.41) is 0. The fraction of sp³-hybridized carbons (Fsp3) is 0.300. The zero-order valence-electron chi connectivity index (χ0n) is 7.99. The highest BCUT2D eigenvalue weighted by molar-refractivity contribution is 7.71. The standard InChI is InChI=1S/C10H12N2OS/c1-2-9-5-11-10(14)12(9)6-8-3-4-13-7-8/h3-5,7H,2,6H2,1H3,(H,11,14). The van der Waals surface area contributed by atoms with E-state index in [1.54, 1.807) is 12.5 Å². The number of furan rings is 1. The summed E-state index contributed by atoms with van der Waals surface area (Å²) in [5.74, 6) is 0. The van der Waals surface area contributed by atoms with Gasteiger partial charge in [-0.1, -0.05) is 6.92 Å². The largest absolute Gasteiger partial charge is 0.472 e. The molecule has 0 aromatic carbocycles. The van der Waals surface area contributed by atoms with Crippen LogP contribution in [0.25, 0.3) is 0 Å². The monoisotopic (exact) mass is 208 g/mol. The van der Waals surface area contributed by atoms with E-state index in [1.165, 1.54) is 5.69 Å². The zero-order valence-corrected chi connectivity index (χ0v) is 8.80. The van der Waals surface area contributed by atoms with Gasteiger partial charge < -0.3 is 14.0 Å². The number of nitrogens with zero attached hydrogens (tertiary/aromatic N) is 1. The lowest BCUT2D eigenvalue weighted by molar-refractivity contribution is 0.561. The van der Waals surface area contributed by atoms with Gasteiger partial charge >= 0.3 is 0 Å². The Labute approximate surface area is 87.4 Å². The van der Waals surface area contributed by atoms with Crippen LogP contribution < -0.4 is 0 Å². The molecule has 0 bridgehead atoms. The first-order valence-corrected chi connectivity index (χ1v) is 5.00. The second-order valence-corrected chi connectivity index (χ2v) is 3.54. The van der Waals surface area contributed by atoms with Crippen molar-refractivity contribution in [3.05, 3.63) is 40.8 Å². The van der Waals surface area contributed by atoms with Crippen LogP contribution in [0.15, 0.2) is 29.2 Å². The Morgan fingerprint density at radius 3 is 3.07 bits per heavy atom. The average Bonchev–Trinajstić information content (AvgIpc) is 2.79. The molecule has 0 radical (unpaired) electrons. The molecule has 3 nitrogen and oxygen atoms in total. The Bertz CT molecular complexity index is 453. The number of aromatic nitrogens is 2. The molecule has 0 spiro atoms. The molecule has 0 atom stereocenters. The van der Waals surface area contributed by atoms with E-state index < -0.39 is 0 Å². The average molecular weight is 208 g/mol. The third-order valence-corrected chi connectivity index (χ3v) is 2.58. The highest BCUT2D eigenvalue weighted by Gasteiger charge is 2.03. The topological polar surface area (TPSA) is 33.9 Å². The van der Waals surface area contributed by atoms with Gasteiger partial charge in [-0.25, -0.2) is 0 Å². The summed E-state index contributed by atoms with van der Waals surface area (Å²) < 4.78 is 7.87. The van der Waals surface area contributed by atoms with E-state index in [0.29, 0.717) is 0 Å². The second kappa shape index (κ2) is 3.84. The van der Waals surface area contributed by atoms with Gasteiger partial charge in [0.25, 0.3) is 0 Å². The molecule has 0 saturated heterocycles. The molecule has 14 heavy (non-hydrogen) atoms. The maximum atomic E-state index is 5.19. The summed E-state index contributed by atoms with van der Waals surface area (Å²) in [7, 11) is 0. The Hall–Kier alpha value is -1.29. The van der Waals surface area contributed by atoms with Crippen molar-refractivity contribution in [2.75, 3.05) is 0 Å². The van der Waals surface area contributed by atoms with Crippen LogP contribution in [0.5, 0.6) is 0 Å². The molecule has 0 aliphatic heterocycles. The summed E-state index contributed by atoms with van der Waals surface area (Å²) in [6.07, 6.45) is 6.36. The maximum absolute atomic E-state index is 5.19. The molecule has 0 aliphatic carbocycles. The summed E-state index contributed by atoms with van der Waals surface area (Å²) >= 11 is 5.19. The Morgan fingerprint density at radius 1 is 1.57 bits per heavy atom. The van der Waals surface area contributed by atoms with Gasteiger partial charge in [0.15, 0.2) is 4.77 Å². The van der Waals surface area contributed by atoms with Crippen LogP contribution in [0, 0.1) is 4.77 Å². The molecule has 0 saturated carbocycles. The number of rotatable bonds is 3. The lowest BCUT2D eigenvalue weighted by Gasteiger charge is -2.03. The van der Waals surface area contributed by atoms with Crippen LogP contribution in [0.1, 0.15) is 18.2 Å². The van der Waals surface area contributed by atoms with Gasteiger partial charge in [-0.15, -0.1) is 0 Å². The minimum atomic E-state index is 0.767. The number of hydrogen-bond acceptors (Lipinski definition) is 2.